The Bertz CT molecular complexity index is 593. The summed E-state index contributed by atoms with van der Waals surface area (Å²) < 4.78 is 6.23. The van der Waals surface area contributed by atoms with E-state index in [1.807, 2.05) is 0 Å². The lowest BCUT2D eigenvalue weighted by Gasteiger charge is -2.40. The van der Waals surface area contributed by atoms with E-state index in [9.17, 15) is 0 Å². The molecule has 0 saturated carbocycles. The molecule has 0 bridgehead atoms. The van der Waals surface area contributed by atoms with Crippen molar-refractivity contribution in [2.24, 2.45) is 0 Å². The van der Waals surface area contributed by atoms with E-state index >= 15 is 0 Å². The number of anilines is 1. The first-order valence-electron chi connectivity index (χ1n) is 9.18. The first-order chi connectivity index (χ1) is 11.5. The number of hydrogen-bond donors (Lipinski definition) is 0. The van der Waals surface area contributed by atoms with Gasteiger partial charge in [0.2, 0.25) is 0 Å². The van der Waals surface area contributed by atoms with Crippen LogP contribution in [0.5, 0.6) is 0 Å². The zero-order chi connectivity index (χ0) is 17.0. The molecule has 130 valence electrons. The lowest BCUT2D eigenvalue weighted by Crippen LogP contribution is -2.46. The smallest absolute Gasteiger partial charge is 0.126 e. The van der Waals surface area contributed by atoms with Gasteiger partial charge in [-0.2, -0.15) is 0 Å². The highest BCUT2D eigenvalue weighted by molar-refractivity contribution is 5.46. The molecule has 0 aliphatic carbocycles. The van der Waals surface area contributed by atoms with Gasteiger partial charge in [-0.05, 0) is 52.2 Å². The highest BCUT2D eigenvalue weighted by Gasteiger charge is 2.35. The van der Waals surface area contributed by atoms with E-state index in [1.54, 1.807) is 0 Å². The minimum atomic E-state index is -0.270. The van der Waals surface area contributed by atoms with E-state index < -0.39 is 0 Å². The summed E-state index contributed by atoms with van der Waals surface area (Å²) in [7, 11) is 0. The predicted molar refractivity (Wildman–Crippen MR) is 100 cm³/mol. The van der Waals surface area contributed by atoms with Gasteiger partial charge in [0.25, 0.3) is 0 Å². The summed E-state index contributed by atoms with van der Waals surface area (Å²) in [5.41, 5.74) is 1.02. The highest BCUT2D eigenvalue weighted by atomic mass is 16.5. The molecule has 1 atom stereocenters. The number of hydrogen-bond acceptors (Lipinski definition) is 3. The first-order valence-corrected chi connectivity index (χ1v) is 9.18. The largest absolute Gasteiger partial charge is 0.369 e. The van der Waals surface area contributed by atoms with E-state index in [4.69, 9.17) is 4.74 Å². The number of benzene rings is 1. The molecular formula is C21H30N2O. The Balaban J connectivity index is 1.49. The van der Waals surface area contributed by atoms with Crippen LogP contribution in [0.25, 0.3) is 0 Å². The maximum Gasteiger partial charge on any atom is 0.126 e. The van der Waals surface area contributed by atoms with Crippen molar-refractivity contribution in [1.29, 1.82) is 0 Å². The molecule has 3 nitrogen and oxygen atoms in total. The third-order valence-corrected chi connectivity index (χ3v) is 5.08. The summed E-state index contributed by atoms with van der Waals surface area (Å²) in [6, 6.07) is 10.7. The summed E-state index contributed by atoms with van der Waals surface area (Å²) >= 11 is 0. The van der Waals surface area contributed by atoms with Gasteiger partial charge < -0.3 is 9.64 Å². The molecular weight excluding hydrogens is 296 g/mol. The quantitative estimate of drug-likeness (QED) is 0.773. The lowest BCUT2D eigenvalue weighted by atomic mass is 9.88. The number of ether oxygens (including phenoxy) is 1. The average molecular weight is 326 g/mol. The molecule has 3 rings (SSSR count). The second-order valence-corrected chi connectivity index (χ2v) is 7.85. The normalized spacial score (nSPS) is 27.4. The molecule has 1 unspecified atom stereocenters. The Hall–Kier alpha value is -1.50. The van der Waals surface area contributed by atoms with Crippen LogP contribution in [-0.4, -0.2) is 48.8 Å². The molecule has 1 aromatic carbocycles. The molecule has 2 heterocycles. The molecule has 0 N–H and O–H groups in total. The fourth-order valence-electron chi connectivity index (χ4n) is 3.79. The molecule has 2 aliphatic rings. The molecule has 1 aromatic rings. The van der Waals surface area contributed by atoms with Crippen molar-refractivity contribution >= 4 is 5.69 Å². The van der Waals surface area contributed by atoms with Gasteiger partial charge in [-0.15, -0.1) is 0 Å². The standard InChI is InChI=1S/C21H30N2O/c1-20(2)11-7-12-21(3,24-20)13-8-14-22-15-17-23(18-16-22)19-9-5-4-6-10-19/h4-6,9-10H,7,11-12,14-18H2,1-3H3. The van der Waals surface area contributed by atoms with Crippen LogP contribution in [0.1, 0.15) is 40.0 Å². The predicted octanol–water partition coefficient (Wildman–Crippen LogP) is 3.55. The molecule has 2 aliphatic heterocycles. The molecule has 2 fully saturated rings. The van der Waals surface area contributed by atoms with Crippen LogP contribution in [0, 0.1) is 11.8 Å². The summed E-state index contributed by atoms with van der Waals surface area (Å²) in [6.07, 6.45) is 3.38. The van der Waals surface area contributed by atoms with Crippen molar-refractivity contribution in [2.45, 2.75) is 51.2 Å². The Morgan fingerprint density at radius 2 is 1.71 bits per heavy atom. The van der Waals surface area contributed by atoms with Crippen LogP contribution in [0.2, 0.25) is 0 Å². The van der Waals surface area contributed by atoms with Crippen molar-refractivity contribution in [1.82, 2.24) is 4.90 Å². The zero-order valence-corrected chi connectivity index (χ0v) is 15.3. The van der Waals surface area contributed by atoms with Gasteiger partial charge in [0.1, 0.15) is 5.60 Å². The van der Waals surface area contributed by atoms with Gasteiger partial charge in [-0.3, -0.25) is 4.90 Å². The second kappa shape index (κ2) is 7.17. The highest BCUT2D eigenvalue weighted by Crippen LogP contribution is 2.34. The molecule has 0 amide bonds. The average Bonchev–Trinajstić information content (AvgIpc) is 2.55. The molecule has 2 saturated heterocycles. The molecule has 24 heavy (non-hydrogen) atoms. The van der Waals surface area contributed by atoms with Crippen LogP contribution in [0.4, 0.5) is 5.69 Å². The third-order valence-electron chi connectivity index (χ3n) is 5.08. The molecule has 0 aromatic heterocycles. The fourth-order valence-corrected chi connectivity index (χ4v) is 3.79. The molecule has 0 radical (unpaired) electrons. The lowest BCUT2D eigenvalue weighted by molar-refractivity contribution is -0.135. The molecule has 0 spiro atoms. The fraction of sp³-hybridized carbons (Fsp3) is 0.619. The van der Waals surface area contributed by atoms with Crippen LogP contribution in [0.15, 0.2) is 30.3 Å². The van der Waals surface area contributed by atoms with Crippen LogP contribution >= 0.6 is 0 Å². The topological polar surface area (TPSA) is 15.7 Å². The van der Waals surface area contributed by atoms with Crippen molar-refractivity contribution in [2.75, 3.05) is 37.6 Å². The van der Waals surface area contributed by atoms with Crippen molar-refractivity contribution in [3.8, 4) is 11.8 Å². The minimum absolute atomic E-state index is 0.0387. The SMILES string of the molecule is CC1(C)CCCC(C)(C#CCN2CCN(c3ccccc3)CC2)O1. The number of rotatable bonds is 2. The summed E-state index contributed by atoms with van der Waals surface area (Å²) in [5.74, 6) is 6.81. The maximum atomic E-state index is 6.23. The van der Waals surface area contributed by atoms with Gasteiger partial charge in [-0.1, -0.05) is 30.0 Å². The van der Waals surface area contributed by atoms with Crippen molar-refractivity contribution in [3.63, 3.8) is 0 Å². The van der Waals surface area contributed by atoms with Gasteiger partial charge in [-0.25, -0.2) is 0 Å². The van der Waals surface area contributed by atoms with Crippen LogP contribution in [-0.2, 0) is 4.74 Å². The van der Waals surface area contributed by atoms with Gasteiger partial charge in [0.05, 0.1) is 12.1 Å². The van der Waals surface area contributed by atoms with E-state index in [-0.39, 0.29) is 11.2 Å². The summed E-state index contributed by atoms with van der Waals surface area (Å²) in [5, 5.41) is 0. The van der Waals surface area contributed by atoms with Crippen LogP contribution < -0.4 is 4.90 Å². The second-order valence-electron chi connectivity index (χ2n) is 7.85. The Morgan fingerprint density at radius 1 is 1.00 bits per heavy atom. The van der Waals surface area contributed by atoms with E-state index in [1.165, 1.54) is 12.1 Å². The third kappa shape index (κ3) is 4.53. The van der Waals surface area contributed by atoms with Crippen LogP contribution in [0.3, 0.4) is 0 Å². The maximum absolute atomic E-state index is 6.23. The number of piperazine rings is 1. The van der Waals surface area contributed by atoms with E-state index in [0.717, 1.165) is 45.6 Å². The first kappa shape index (κ1) is 17.3. The van der Waals surface area contributed by atoms with Crippen molar-refractivity contribution < 1.29 is 4.74 Å². The Labute approximate surface area is 147 Å². The van der Waals surface area contributed by atoms with Gasteiger partial charge in [0.15, 0.2) is 0 Å². The minimum Gasteiger partial charge on any atom is -0.369 e. The zero-order valence-electron chi connectivity index (χ0n) is 15.3. The number of nitrogens with zero attached hydrogens (tertiary/aromatic N) is 2. The van der Waals surface area contributed by atoms with Crippen molar-refractivity contribution in [3.05, 3.63) is 30.3 Å². The Kier molecular flexibility index (Phi) is 5.18. The summed E-state index contributed by atoms with van der Waals surface area (Å²) in [4.78, 5) is 4.90. The van der Waals surface area contributed by atoms with Gasteiger partial charge >= 0.3 is 0 Å². The monoisotopic (exact) mass is 326 g/mol. The summed E-state index contributed by atoms with van der Waals surface area (Å²) in [6.45, 7) is 11.7. The Morgan fingerprint density at radius 3 is 2.38 bits per heavy atom. The van der Waals surface area contributed by atoms with Gasteiger partial charge in [0, 0.05) is 31.9 Å². The van der Waals surface area contributed by atoms with E-state index in [2.05, 4.69) is 72.7 Å². The number of para-hydroxylation sites is 1. The van der Waals surface area contributed by atoms with E-state index in [0.29, 0.717) is 0 Å². The molecule has 3 heteroatoms.